The van der Waals surface area contributed by atoms with E-state index in [1.165, 1.54) is 15.6 Å². The standard InChI is InChI=1S/C17H19BrO3/c1-19-13-2-3-14-12(10-13)11-15(18)16(14)4-6-17(7-5-16)20-8-9-21-17/h2-3,10-11H,4-9H2,1H3. The van der Waals surface area contributed by atoms with Crippen molar-refractivity contribution in [2.24, 2.45) is 0 Å². The van der Waals surface area contributed by atoms with Crippen LogP contribution in [-0.4, -0.2) is 26.1 Å². The Kier molecular flexibility index (Phi) is 3.18. The molecule has 0 unspecified atom stereocenters. The van der Waals surface area contributed by atoms with Crippen LogP contribution in [0.1, 0.15) is 36.8 Å². The first-order valence-electron chi connectivity index (χ1n) is 7.52. The summed E-state index contributed by atoms with van der Waals surface area (Å²) in [7, 11) is 1.71. The van der Waals surface area contributed by atoms with E-state index in [1.807, 2.05) is 0 Å². The van der Waals surface area contributed by atoms with Gasteiger partial charge in [0.2, 0.25) is 0 Å². The Morgan fingerprint density at radius 2 is 1.81 bits per heavy atom. The van der Waals surface area contributed by atoms with Crippen LogP contribution in [0, 0.1) is 0 Å². The third-order valence-electron chi connectivity index (χ3n) is 5.19. The van der Waals surface area contributed by atoms with E-state index in [2.05, 4.69) is 40.2 Å². The van der Waals surface area contributed by atoms with Crippen molar-refractivity contribution >= 4 is 22.0 Å². The molecule has 1 aliphatic heterocycles. The summed E-state index contributed by atoms with van der Waals surface area (Å²) in [6, 6.07) is 6.40. The lowest BCUT2D eigenvalue weighted by Crippen LogP contribution is -2.41. The number of hydrogen-bond donors (Lipinski definition) is 0. The molecule has 2 spiro atoms. The molecule has 0 atom stereocenters. The van der Waals surface area contributed by atoms with Crippen molar-refractivity contribution < 1.29 is 14.2 Å². The van der Waals surface area contributed by atoms with Crippen LogP contribution in [0.4, 0.5) is 0 Å². The predicted molar refractivity (Wildman–Crippen MR) is 84.7 cm³/mol. The van der Waals surface area contributed by atoms with E-state index in [0.29, 0.717) is 0 Å². The van der Waals surface area contributed by atoms with E-state index in [9.17, 15) is 0 Å². The molecule has 0 radical (unpaired) electrons. The van der Waals surface area contributed by atoms with Crippen molar-refractivity contribution in [2.45, 2.75) is 36.9 Å². The topological polar surface area (TPSA) is 27.7 Å². The van der Waals surface area contributed by atoms with Gasteiger partial charge in [-0.15, -0.1) is 0 Å². The highest BCUT2D eigenvalue weighted by Crippen LogP contribution is 2.56. The van der Waals surface area contributed by atoms with Crippen molar-refractivity contribution in [1.29, 1.82) is 0 Å². The Bertz CT molecular complexity index is 592. The SMILES string of the molecule is COc1ccc2c(c1)C=C(Br)C21CCC2(CC1)OCCO2. The Morgan fingerprint density at radius 3 is 2.48 bits per heavy atom. The third-order valence-corrected chi connectivity index (χ3v) is 6.18. The van der Waals surface area contributed by atoms with Crippen LogP contribution >= 0.6 is 15.9 Å². The molecule has 2 aliphatic carbocycles. The van der Waals surface area contributed by atoms with Gasteiger partial charge in [-0.1, -0.05) is 22.0 Å². The van der Waals surface area contributed by atoms with Gasteiger partial charge in [-0.25, -0.2) is 0 Å². The molecular weight excluding hydrogens is 332 g/mol. The second-order valence-electron chi connectivity index (χ2n) is 6.14. The number of fused-ring (bicyclic) bond motifs is 2. The molecule has 4 heteroatoms. The van der Waals surface area contributed by atoms with Crippen molar-refractivity contribution in [3.63, 3.8) is 0 Å². The summed E-state index contributed by atoms with van der Waals surface area (Å²) in [4.78, 5) is 0. The van der Waals surface area contributed by atoms with Gasteiger partial charge in [0.15, 0.2) is 5.79 Å². The summed E-state index contributed by atoms with van der Waals surface area (Å²) < 4.78 is 18.4. The first-order chi connectivity index (χ1) is 10.2. The molecule has 1 aromatic rings. The van der Waals surface area contributed by atoms with Crippen LogP contribution in [0.15, 0.2) is 22.7 Å². The lowest BCUT2D eigenvalue weighted by Gasteiger charge is -2.42. The van der Waals surface area contributed by atoms with Gasteiger partial charge in [-0.2, -0.15) is 0 Å². The van der Waals surface area contributed by atoms with Gasteiger partial charge in [0.05, 0.1) is 20.3 Å². The largest absolute Gasteiger partial charge is 0.497 e. The van der Waals surface area contributed by atoms with E-state index in [0.717, 1.165) is 44.6 Å². The average molecular weight is 351 g/mol. The molecule has 0 amide bonds. The van der Waals surface area contributed by atoms with E-state index < -0.39 is 0 Å². The van der Waals surface area contributed by atoms with Crippen LogP contribution in [0.2, 0.25) is 0 Å². The molecule has 0 aromatic heterocycles. The predicted octanol–water partition coefficient (Wildman–Crippen LogP) is 4.00. The van der Waals surface area contributed by atoms with Crippen LogP contribution in [-0.2, 0) is 14.9 Å². The second kappa shape index (κ2) is 4.83. The first kappa shape index (κ1) is 13.8. The normalized spacial score (nSPS) is 25.1. The van der Waals surface area contributed by atoms with Crippen molar-refractivity contribution in [2.75, 3.05) is 20.3 Å². The van der Waals surface area contributed by atoms with Gasteiger partial charge < -0.3 is 14.2 Å². The van der Waals surface area contributed by atoms with Crippen LogP contribution < -0.4 is 4.74 Å². The monoisotopic (exact) mass is 350 g/mol. The molecule has 1 saturated heterocycles. The molecule has 1 heterocycles. The van der Waals surface area contributed by atoms with Gasteiger partial charge in [0.1, 0.15) is 5.75 Å². The Morgan fingerprint density at radius 1 is 1.10 bits per heavy atom. The van der Waals surface area contributed by atoms with Gasteiger partial charge in [0.25, 0.3) is 0 Å². The summed E-state index contributed by atoms with van der Waals surface area (Å²) in [5.74, 6) is 0.602. The Labute approximate surface area is 133 Å². The highest BCUT2D eigenvalue weighted by atomic mass is 79.9. The van der Waals surface area contributed by atoms with E-state index in [4.69, 9.17) is 14.2 Å². The lowest BCUT2D eigenvalue weighted by atomic mass is 9.69. The third kappa shape index (κ3) is 2.00. The molecule has 0 bridgehead atoms. The maximum absolute atomic E-state index is 5.87. The Hall–Kier alpha value is -0.840. The maximum atomic E-state index is 5.87. The van der Waals surface area contributed by atoms with Crippen molar-refractivity contribution in [3.05, 3.63) is 33.8 Å². The molecular formula is C17H19BrO3. The molecule has 0 N–H and O–H groups in total. The molecule has 21 heavy (non-hydrogen) atoms. The molecule has 112 valence electrons. The highest BCUT2D eigenvalue weighted by molar-refractivity contribution is 9.11. The molecule has 1 saturated carbocycles. The molecule has 4 rings (SSSR count). The molecule has 3 aliphatic rings. The second-order valence-corrected chi connectivity index (χ2v) is 6.99. The summed E-state index contributed by atoms with van der Waals surface area (Å²) in [5.41, 5.74) is 2.77. The number of hydrogen-bond acceptors (Lipinski definition) is 3. The zero-order valence-electron chi connectivity index (χ0n) is 12.2. The molecule has 2 fully saturated rings. The van der Waals surface area contributed by atoms with Crippen LogP contribution in [0.5, 0.6) is 5.75 Å². The number of benzene rings is 1. The number of allylic oxidation sites excluding steroid dienone is 1. The smallest absolute Gasteiger partial charge is 0.168 e. The van der Waals surface area contributed by atoms with Crippen molar-refractivity contribution in [3.8, 4) is 5.75 Å². The van der Waals surface area contributed by atoms with Gasteiger partial charge >= 0.3 is 0 Å². The maximum Gasteiger partial charge on any atom is 0.168 e. The number of halogens is 1. The van der Waals surface area contributed by atoms with Crippen LogP contribution in [0.3, 0.4) is 0 Å². The quantitative estimate of drug-likeness (QED) is 0.766. The fourth-order valence-electron chi connectivity index (χ4n) is 3.98. The minimum absolute atomic E-state index is 0.0994. The summed E-state index contributed by atoms with van der Waals surface area (Å²) in [6.07, 6.45) is 6.28. The fourth-order valence-corrected chi connectivity index (χ4v) is 4.83. The van der Waals surface area contributed by atoms with Gasteiger partial charge in [-0.3, -0.25) is 0 Å². The van der Waals surface area contributed by atoms with E-state index >= 15 is 0 Å². The zero-order valence-corrected chi connectivity index (χ0v) is 13.7. The van der Waals surface area contributed by atoms with E-state index in [-0.39, 0.29) is 11.2 Å². The Balaban J connectivity index is 1.67. The van der Waals surface area contributed by atoms with E-state index in [1.54, 1.807) is 7.11 Å². The lowest BCUT2D eigenvalue weighted by molar-refractivity contribution is -0.182. The number of methoxy groups -OCH3 is 1. The average Bonchev–Trinajstić information content (AvgIpc) is 3.06. The van der Waals surface area contributed by atoms with Gasteiger partial charge in [0, 0.05) is 22.7 Å². The number of ether oxygens (including phenoxy) is 3. The minimum Gasteiger partial charge on any atom is -0.497 e. The van der Waals surface area contributed by atoms with Gasteiger partial charge in [-0.05, 0) is 42.2 Å². The summed E-state index contributed by atoms with van der Waals surface area (Å²) in [6.45, 7) is 1.47. The summed E-state index contributed by atoms with van der Waals surface area (Å²) >= 11 is 3.82. The minimum atomic E-state index is -0.312. The van der Waals surface area contributed by atoms with Crippen LogP contribution in [0.25, 0.3) is 6.08 Å². The fraction of sp³-hybridized carbons (Fsp3) is 0.529. The molecule has 1 aromatic carbocycles. The number of rotatable bonds is 1. The summed E-state index contributed by atoms with van der Waals surface area (Å²) in [5, 5.41) is 0. The van der Waals surface area contributed by atoms with Crippen molar-refractivity contribution in [1.82, 2.24) is 0 Å². The molecule has 3 nitrogen and oxygen atoms in total. The zero-order chi connectivity index (χ0) is 14.5. The highest BCUT2D eigenvalue weighted by Gasteiger charge is 2.50. The first-order valence-corrected chi connectivity index (χ1v) is 8.31.